The Kier molecular flexibility index (Phi) is 5.40. The summed E-state index contributed by atoms with van der Waals surface area (Å²) in [6, 6.07) is 11.2. The van der Waals surface area contributed by atoms with Crippen LogP contribution in [0.4, 0.5) is 4.39 Å². The van der Waals surface area contributed by atoms with Gasteiger partial charge >= 0.3 is 0 Å². The number of benzene rings is 2. The Morgan fingerprint density at radius 3 is 2.43 bits per heavy atom. The maximum absolute atomic E-state index is 13.4. The summed E-state index contributed by atoms with van der Waals surface area (Å²) < 4.78 is 19.1. The molecule has 3 heteroatoms. The van der Waals surface area contributed by atoms with Crippen LogP contribution >= 0.6 is 15.9 Å². The first-order chi connectivity index (χ1) is 10.0. The third-order valence-electron chi connectivity index (χ3n) is 3.44. The quantitative estimate of drug-likeness (QED) is 0.627. The van der Waals surface area contributed by atoms with Gasteiger partial charge in [0, 0.05) is 0 Å². The Hall–Kier alpha value is -1.35. The second-order valence-corrected chi connectivity index (χ2v) is 6.15. The molecule has 2 aromatic rings. The maximum atomic E-state index is 13.4. The molecule has 0 bridgehead atoms. The zero-order valence-electron chi connectivity index (χ0n) is 12.6. The molecule has 112 valence electrons. The lowest BCUT2D eigenvalue weighted by Gasteiger charge is -2.17. The minimum atomic E-state index is -0.187. The lowest BCUT2D eigenvalue weighted by molar-refractivity contribution is 0.317. The van der Waals surface area contributed by atoms with Crippen LogP contribution in [0, 0.1) is 19.7 Å². The van der Waals surface area contributed by atoms with Gasteiger partial charge in [0.1, 0.15) is 11.6 Å². The minimum absolute atomic E-state index is 0.0308. The Bertz CT molecular complexity index is 601. The Labute approximate surface area is 134 Å². The van der Waals surface area contributed by atoms with E-state index in [0.29, 0.717) is 6.61 Å². The largest absolute Gasteiger partial charge is 0.494 e. The first-order valence-corrected chi connectivity index (χ1v) is 8.08. The average Bonchev–Trinajstić information content (AvgIpc) is 2.44. The van der Waals surface area contributed by atoms with Gasteiger partial charge in [0.05, 0.1) is 11.4 Å². The number of alkyl halides is 1. The van der Waals surface area contributed by atoms with E-state index < -0.39 is 0 Å². The summed E-state index contributed by atoms with van der Waals surface area (Å²) >= 11 is 3.74. The van der Waals surface area contributed by atoms with Crippen LogP contribution < -0.4 is 4.74 Å². The molecule has 0 aliphatic rings. The fourth-order valence-corrected chi connectivity index (χ4v) is 3.48. The smallest absolute Gasteiger partial charge is 0.123 e. The SMILES string of the molecule is CCCOc1cccc(C(Br)c2c(C)cc(F)cc2C)c1. The summed E-state index contributed by atoms with van der Waals surface area (Å²) in [5, 5.41) is 0. The van der Waals surface area contributed by atoms with Gasteiger partial charge in [0.2, 0.25) is 0 Å². The van der Waals surface area contributed by atoms with Crippen molar-refractivity contribution < 1.29 is 9.13 Å². The summed E-state index contributed by atoms with van der Waals surface area (Å²) in [6.07, 6.45) is 0.984. The monoisotopic (exact) mass is 350 g/mol. The zero-order valence-corrected chi connectivity index (χ0v) is 14.2. The van der Waals surface area contributed by atoms with Gasteiger partial charge in [-0.15, -0.1) is 0 Å². The van der Waals surface area contributed by atoms with E-state index in [4.69, 9.17) is 4.74 Å². The highest BCUT2D eigenvalue weighted by Crippen LogP contribution is 2.36. The van der Waals surface area contributed by atoms with Gasteiger partial charge < -0.3 is 4.74 Å². The summed E-state index contributed by atoms with van der Waals surface area (Å²) in [5.74, 6) is 0.685. The number of halogens is 2. The minimum Gasteiger partial charge on any atom is -0.494 e. The highest BCUT2D eigenvalue weighted by atomic mass is 79.9. The molecular formula is C18H20BrFO. The van der Waals surface area contributed by atoms with Crippen molar-refractivity contribution in [3.63, 3.8) is 0 Å². The van der Waals surface area contributed by atoms with Gasteiger partial charge in [-0.05, 0) is 66.8 Å². The van der Waals surface area contributed by atoms with Crippen LogP contribution in [0.3, 0.4) is 0 Å². The van der Waals surface area contributed by atoms with Gasteiger partial charge in [0.25, 0.3) is 0 Å². The standard InChI is InChI=1S/C18H20BrFO/c1-4-8-21-16-7-5-6-14(11-16)18(19)17-12(2)9-15(20)10-13(17)3/h5-7,9-11,18H,4,8H2,1-3H3. The molecule has 0 radical (unpaired) electrons. The van der Waals surface area contributed by atoms with E-state index in [-0.39, 0.29) is 10.6 Å². The second-order valence-electron chi connectivity index (χ2n) is 5.24. The van der Waals surface area contributed by atoms with Crippen LogP contribution in [0.1, 0.15) is 40.4 Å². The van der Waals surface area contributed by atoms with Crippen molar-refractivity contribution >= 4 is 15.9 Å². The van der Waals surface area contributed by atoms with E-state index in [2.05, 4.69) is 28.9 Å². The molecule has 0 spiro atoms. The van der Waals surface area contributed by atoms with Crippen molar-refractivity contribution in [2.45, 2.75) is 32.0 Å². The summed E-state index contributed by atoms with van der Waals surface area (Å²) in [4.78, 5) is 0.0308. The van der Waals surface area contributed by atoms with E-state index in [1.165, 1.54) is 0 Å². The molecule has 1 nitrogen and oxygen atoms in total. The fraction of sp³-hybridized carbons (Fsp3) is 0.333. The normalized spacial score (nSPS) is 12.2. The Morgan fingerprint density at radius 2 is 1.81 bits per heavy atom. The van der Waals surface area contributed by atoms with Crippen molar-refractivity contribution in [1.29, 1.82) is 0 Å². The molecule has 0 saturated carbocycles. The second kappa shape index (κ2) is 7.08. The third-order valence-corrected chi connectivity index (χ3v) is 4.42. The molecule has 2 rings (SSSR count). The fourth-order valence-electron chi connectivity index (χ4n) is 2.47. The number of hydrogen-bond acceptors (Lipinski definition) is 1. The van der Waals surface area contributed by atoms with Crippen LogP contribution in [0.5, 0.6) is 5.75 Å². The van der Waals surface area contributed by atoms with Crippen molar-refractivity contribution in [2.75, 3.05) is 6.61 Å². The van der Waals surface area contributed by atoms with E-state index in [1.54, 1.807) is 12.1 Å². The van der Waals surface area contributed by atoms with E-state index >= 15 is 0 Å². The molecule has 0 aromatic heterocycles. The van der Waals surface area contributed by atoms with Gasteiger partial charge in [-0.2, -0.15) is 0 Å². The van der Waals surface area contributed by atoms with Crippen molar-refractivity contribution in [3.8, 4) is 5.75 Å². The zero-order chi connectivity index (χ0) is 15.4. The van der Waals surface area contributed by atoms with Gasteiger partial charge in [-0.1, -0.05) is 35.0 Å². The van der Waals surface area contributed by atoms with E-state index in [1.807, 2.05) is 32.0 Å². The number of ether oxygens (including phenoxy) is 1. The first kappa shape index (κ1) is 16.0. The molecule has 1 atom stereocenters. The predicted molar refractivity (Wildman–Crippen MR) is 88.9 cm³/mol. The third kappa shape index (κ3) is 3.85. The van der Waals surface area contributed by atoms with Crippen molar-refractivity contribution in [1.82, 2.24) is 0 Å². The highest BCUT2D eigenvalue weighted by Gasteiger charge is 2.16. The number of rotatable bonds is 5. The van der Waals surface area contributed by atoms with Crippen LogP contribution in [-0.4, -0.2) is 6.61 Å². The molecule has 0 aliphatic heterocycles. The van der Waals surface area contributed by atoms with Crippen molar-refractivity contribution in [2.24, 2.45) is 0 Å². The topological polar surface area (TPSA) is 9.23 Å². The molecule has 0 fully saturated rings. The maximum Gasteiger partial charge on any atom is 0.123 e. The molecule has 0 heterocycles. The lowest BCUT2D eigenvalue weighted by Crippen LogP contribution is -2.01. The molecule has 0 amide bonds. The molecule has 1 unspecified atom stereocenters. The predicted octanol–water partition coefficient (Wildman–Crippen LogP) is 5.72. The highest BCUT2D eigenvalue weighted by molar-refractivity contribution is 9.09. The van der Waals surface area contributed by atoms with E-state index in [0.717, 1.165) is 34.4 Å². The number of hydrogen-bond donors (Lipinski definition) is 0. The van der Waals surface area contributed by atoms with Crippen LogP contribution in [0.15, 0.2) is 36.4 Å². The summed E-state index contributed by atoms with van der Waals surface area (Å²) in [5.41, 5.74) is 4.13. The van der Waals surface area contributed by atoms with Crippen LogP contribution in [0.2, 0.25) is 0 Å². The van der Waals surface area contributed by atoms with E-state index in [9.17, 15) is 4.39 Å². The Balaban J connectivity index is 2.34. The van der Waals surface area contributed by atoms with Gasteiger partial charge in [-0.25, -0.2) is 4.39 Å². The van der Waals surface area contributed by atoms with Crippen molar-refractivity contribution in [3.05, 3.63) is 64.5 Å². The lowest BCUT2D eigenvalue weighted by atomic mass is 9.96. The van der Waals surface area contributed by atoms with Gasteiger partial charge in [-0.3, -0.25) is 0 Å². The summed E-state index contributed by atoms with van der Waals surface area (Å²) in [6.45, 7) is 6.68. The van der Waals surface area contributed by atoms with Gasteiger partial charge in [0.15, 0.2) is 0 Å². The molecule has 0 saturated heterocycles. The molecule has 0 N–H and O–H groups in total. The molecule has 2 aromatic carbocycles. The molecule has 21 heavy (non-hydrogen) atoms. The van der Waals surface area contributed by atoms with Crippen LogP contribution in [-0.2, 0) is 0 Å². The first-order valence-electron chi connectivity index (χ1n) is 7.16. The Morgan fingerprint density at radius 1 is 1.14 bits per heavy atom. The molecular weight excluding hydrogens is 331 g/mol. The molecule has 0 aliphatic carbocycles. The average molecular weight is 351 g/mol. The number of aryl methyl sites for hydroxylation is 2. The van der Waals surface area contributed by atoms with Crippen LogP contribution in [0.25, 0.3) is 0 Å². The summed E-state index contributed by atoms with van der Waals surface area (Å²) in [7, 11) is 0.